The van der Waals surface area contributed by atoms with Crippen LogP contribution in [0.3, 0.4) is 0 Å². The first-order chi connectivity index (χ1) is 15.6. The Morgan fingerprint density at radius 1 is 0.969 bits per heavy atom. The maximum absolute atomic E-state index is 12.6. The van der Waals surface area contributed by atoms with Crippen LogP contribution in [0.25, 0.3) is 17.2 Å². The van der Waals surface area contributed by atoms with Gasteiger partial charge in [-0.3, -0.25) is 4.79 Å². The summed E-state index contributed by atoms with van der Waals surface area (Å²) >= 11 is 0. The van der Waals surface area contributed by atoms with E-state index < -0.39 is 18.0 Å². The van der Waals surface area contributed by atoms with Crippen LogP contribution in [0.15, 0.2) is 97.6 Å². The van der Waals surface area contributed by atoms with Crippen LogP contribution in [0, 0.1) is 0 Å². The molecule has 0 saturated carbocycles. The average Bonchev–Trinajstić information content (AvgIpc) is 2.83. The third-order valence-electron chi connectivity index (χ3n) is 4.59. The lowest BCUT2D eigenvalue weighted by Gasteiger charge is -2.15. The SMILES string of the molecule is C=CCOc1ccc(/C=C/C(=O)OC(C)C(=O)Nc2ccccc2-c2ccccc2)cc1. The third-order valence-corrected chi connectivity index (χ3v) is 4.59. The summed E-state index contributed by atoms with van der Waals surface area (Å²) in [5, 5.41) is 2.85. The van der Waals surface area contributed by atoms with Crippen LogP contribution in [0.4, 0.5) is 5.69 Å². The first-order valence-corrected chi connectivity index (χ1v) is 10.2. The summed E-state index contributed by atoms with van der Waals surface area (Å²) in [4.78, 5) is 24.8. The lowest BCUT2D eigenvalue weighted by Crippen LogP contribution is -2.29. The Bertz CT molecular complexity index is 1090. The Balaban J connectivity index is 1.57. The number of carbonyl (C=O) groups is 2. The predicted molar refractivity (Wildman–Crippen MR) is 127 cm³/mol. The maximum atomic E-state index is 12.6. The summed E-state index contributed by atoms with van der Waals surface area (Å²) in [6.07, 6.45) is 3.63. The van der Waals surface area contributed by atoms with Crippen LogP contribution in [0.2, 0.25) is 0 Å². The van der Waals surface area contributed by atoms with E-state index in [1.54, 1.807) is 24.3 Å². The van der Waals surface area contributed by atoms with Crippen molar-refractivity contribution in [3.63, 3.8) is 0 Å². The zero-order chi connectivity index (χ0) is 22.8. The van der Waals surface area contributed by atoms with Gasteiger partial charge in [-0.1, -0.05) is 73.3 Å². The van der Waals surface area contributed by atoms with Gasteiger partial charge in [0, 0.05) is 17.3 Å². The van der Waals surface area contributed by atoms with Crippen LogP contribution in [-0.4, -0.2) is 24.6 Å². The minimum atomic E-state index is -0.953. The highest BCUT2D eigenvalue weighted by atomic mass is 16.5. The number of nitrogens with one attached hydrogen (secondary N) is 1. The molecule has 5 nitrogen and oxygen atoms in total. The third kappa shape index (κ3) is 6.44. The van der Waals surface area contributed by atoms with Crippen molar-refractivity contribution in [3.8, 4) is 16.9 Å². The zero-order valence-corrected chi connectivity index (χ0v) is 17.9. The Hall–Kier alpha value is -4.12. The highest BCUT2D eigenvalue weighted by Crippen LogP contribution is 2.27. The van der Waals surface area contributed by atoms with Crippen molar-refractivity contribution in [2.75, 3.05) is 11.9 Å². The summed E-state index contributed by atoms with van der Waals surface area (Å²) in [5.41, 5.74) is 3.33. The van der Waals surface area contributed by atoms with Crippen LogP contribution >= 0.6 is 0 Å². The summed E-state index contributed by atoms with van der Waals surface area (Å²) < 4.78 is 10.7. The number of carbonyl (C=O) groups excluding carboxylic acids is 2. The van der Waals surface area contributed by atoms with Gasteiger partial charge in [0.05, 0.1) is 0 Å². The summed E-state index contributed by atoms with van der Waals surface area (Å²) in [7, 11) is 0. The molecule has 0 aliphatic carbocycles. The molecule has 162 valence electrons. The van der Waals surface area contributed by atoms with Crippen molar-refractivity contribution in [3.05, 3.63) is 103 Å². The summed E-state index contributed by atoms with van der Waals surface area (Å²) in [6, 6.07) is 24.5. The number of amides is 1. The van der Waals surface area contributed by atoms with Crippen molar-refractivity contribution in [1.82, 2.24) is 0 Å². The molecule has 32 heavy (non-hydrogen) atoms. The fraction of sp³-hybridized carbons (Fsp3) is 0.111. The molecule has 0 aromatic heterocycles. The molecule has 3 aromatic rings. The summed E-state index contributed by atoms with van der Waals surface area (Å²) in [6.45, 7) is 5.57. The second-order valence-corrected chi connectivity index (χ2v) is 6.98. The predicted octanol–water partition coefficient (Wildman–Crippen LogP) is 5.50. The second-order valence-electron chi connectivity index (χ2n) is 6.98. The number of para-hydroxylation sites is 1. The van der Waals surface area contributed by atoms with E-state index in [4.69, 9.17) is 9.47 Å². The Morgan fingerprint density at radius 2 is 1.66 bits per heavy atom. The highest BCUT2D eigenvalue weighted by molar-refractivity contribution is 5.99. The molecule has 1 atom stereocenters. The van der Waals surface area contributed by atoms with E-state index in [2.05, 4.69) is 11.9 Å². The molecule has 0 bridgehead atoms. The van der Waals surface area contributed by atoms with E-state index in [1.165, 1.54) is 13.0 Å². The molecule has 0 radical (unpaired) electrons. The fourth-order valence-electron chi connectivity index (χ4n) is 2.96. The van der Waals surface area contributed by atoms with Gasteiger partial charge in [0.15, 0.2) is 6.10 Å². The van der Waals surface area contributed by atoms with E-state index in [0.29, 0.717) is 18.0 Å². The molecule has 0 fully saturated rings. The zero-order valence-electron chi connectivity index (χ0n) is 17.9. The van der Waals surface area contributed by atoms with E-state index >= 15 is 0 Å². The van der Waals surface area contributed by atoms with Gasteiger partial charge in [-0.05, 0) is 42.3 Å². The average molecular weight is 428 g/mol. The van der Waals surface area contributed by atoms with E-state index in [9.17, 15) is 9.59 Å². The van der Waals surface area contributed by atoms with Gasteiger partial charge in [-0.15, -0.1) is 0 Å². The lowest BCUT2D eigenvalue weighted by molar-refractivity contribution is -0.148. The standard InChI is InChI=1S/C27H25NO4/c1-3-19-31-23-16-13-21(14-17-23)15-18-26(29)32-20(2)27(30)28-25-12-8-7-11-24(25)22-9-5-4-6-10-22/h3-18,20H,1,19H2,2H3,(H,28,30)/b18-15+. The van der Waals surface area contributed by atoms with Crippen LogP contribution in [0.1, 0.15) is 12.5 Å². The smallest absolute Gasteiger partial charge is 0.331 e. The number of benzene rings is 3. The largest absolute Gasteiger partial charge is 0.490 e. The maximum Gasteiger partial charge on any atom is 0.331 e. The lowest BCUT2D eigenvalue weighted by atomic mass is 10.0. The summed E-state index contributed by atoms with van der Waals surface area (Å²) in [5.74, 6) is -0.291. The normalized spacial score (nSPS) is 11.5. The molecule has 5 heteroatoms. The minimum Gasteiger partial charge on any atom is -0.490 e. The monoisotopic (exact) mass is 427 g/mol. The van der Waals surface area contributed by atoms with Crippen molar-refractivity contribution < 1.29 is 19.1 Å². The van der Waals surface area contributed by atoms with Gasteiger partial charge >= 0.3 is 5.97 Å². The van der Waals surface area contributed by atoms with Crippen molar-refractivity contribution in [2.24, 2.45) is 0 Å². The number of esters is 1. The molecular weight excluding hydrogens is 402 g/mol. The van der Waals surface area contributed by atoms with Crippen molar-refractivity contribution >= 4 is 23.6 Å². The first-order valence-electron chi connectivity index (χ1n) is 10.2. The van der Waals surface area contributed by atoms with E-state index in [1.807, 2.05) is 66.7 Å². The molecule has 0 aliphatic heterocycles. The Morgan fingerprint density at radius 3 is 2.38 bits per heavy atom. The molecule has 3 aromatic carbocycles. The molecule has 1 amide bonds. The van der Waals surface area contributed by atoms with Gasteiger partial charge < -0.3 is 14.8 Å². The molecule has 0 spiro atoms. The highest BCUT2D eigenvalue weighted by Gasteiger charge is 2.18. The van der Waals surface area contributed by atoms with Crippen LogP contribution < -0.4 is 10.1 Å². The number of hydrogen-bond acceptors (Lipinski definition) is 4. The molecule has 0 aliphatic rings. The van der Waals surface area contributed by atoms with Crippen LogP contribution in [0.5, 0.6) is 5.75 Å². The van der Waals surface area contributed by atoms with Crippen molar-refractivity contribution in [2.45, 2.75) is 13.0 Å². The first kappa shape index (κ1) is 22.6. The van der Waals surface area contributed by atoms with Gasteiger partial charge in [0.1, 0.15) is 12.4 Å². The van der Waals surface area contributed by atoms with E-state index in [-0.39, 0.29) is 0 Å². The number of hydrogen-bond donors (Lipinski definition) is 1. The fourth-order valence-corrected chi connectivity index (χ4v) is 2.96. The van der Waals surface area contributed by atoms with E-state index in [0.717, 1.165) is 16.7 Å². The molecule has 0 heterocycles. The van der Waals surface area contributed by atoms with Crippen LogP contribution in [-0.2, 0) is 14.3 Å². The van der Waals surface area contributed by atoms with Gasteiger partial charge in [-0.2, -0.15) is 0 Å². The number of ether oxygens (including phenoxy) is 2. The van der Waals surface area contributed by atoms with Gasteiger partial charge in [-0.25, -0.2) is 4.79 Å². The Labute approximate surface area is 188 Å². The van der Waals surface area contributed by atoms with Gasteiger partial charge in [0.2, 0.25) is 0 Å². The van der Waals surface area contributed by atoms with Crippen molar-refractivity contribution in [1.29, 1.82) is 0 Å². The minimum absolute atomic E-state index is 0.404. The molecule has 1 N–H and O–H groups in total. The molecular formula is C27H25NO4. The Kier molecular flexibility index (Phi) is 7.98. The number of anilines is 1. The molecule has 3 rings (SSSR count). The topological polar surface area (TPSA) is 64.6 Å². The van der Waals surface area contributed by atoms with Gasteiger partial charge in [0.25, 0.3) is 5.91 Å². The second kappa shape index (κ2) is 11.3. The molecule has 1 unspecified atom stereocenters. The molecule has 0 saturated heterocycles. The number of rotatable bonds is 9. The quantitative estimate of drug-likeness (QED) is 0.278.